The summed E-state index contributed by atoms with van der Waals surface area (Å²) in [6.07, 6.45) is 4.85. The van der Waals surface area contributed by atoms with Gasteiger partial charge in [-0.2, -0.15) is 10.4 Å². The summed E-state index contributed by atoms with van der Waals surface area (Å²) < 4.78 is 1.73. The second kappa shape index (κ2) is 6.71. The SMILES string of the molecule is CN(Cc1cccc(C#N)c1)C(=O)CCc1cnn(C)c1. The first kappa shape index (κ1) is 14.8. The minimum absolute atomic E-state index is 0.0845. The third-order valence-electron chi connectivity index (χ3n) is 3.29. The number of nitrogens with zero attached hydrogens (tertiary/aromatic N) is 4. The van der Waals surface area contributed by atoms with E-state index in [1.807, 2.05) is 31.4 Å². The predicted octanol–water partition coefficient (Wildman–Crippen LogP) is 1.88. The van der Waals surface area contributed by atoms with Crippen molar-refractivity contribution in [3.8, 4) is 6.07 Å². The van der Waals surface area contributed by atoms with Crippen molar-refractivity contribution in [1.82, 2.24) is 14.7 Å². The molecule has 0 aliphatic heterocycles. The molecule has 0 fully saturated rings. The molecule has 1 heterocycles. The third-order valence-corrected chi connectivity index (χ3v) is 3.29. The molecule has 0 spiro atoms. The zero-order valence-corrected chi connectivity index (χ0v) is 12.3. The maximum atomic E-state index is 12.1. The third kappa shape index (κ3) is 4.18. The van der Waals surface area contributed by atoms with Crippen LogP contribution in [0.1, 0.15) is 23.1 Å². The lowest BCUT2D eigenvalue weighted by Gasteiger charge is -2.17. The van der Waals surface area contributed by atoms with Crippen LogP contribution in [0.25, 0.3) is 0 Å². The Morgan fingerprint density at radius 3 is 2.90 bits per heavy atom. The van der Waals surface area contributed by atoms with Crippen LogP contribution in [0.3, 0.4) is 0 Å². The Labute approximate surface area is 124 Å². The molecule has 0 bridgehead atoms. The molecule has 0 radical (unpaired) electrons. The van der Waals surface area contributed by atoms with Gasteiger partial charge in [0.05, 0.1) is 17.8 Å². The number of carbonyl (C=O) groups is 1. The highest BCUT2D eigenvalue weighted by Gasteiger charge is 2.10. The molecular weight excluding hydrogens is 264 g/mol. The number of hydrogen-bond acceptors (Lipinski definition) is 3. The lowest BCUT2D eigenvalue weighted by molar-refractivity contribution is -0.130. The van der Waals surface area contributed by atoms with Crippen LogP contribution in [0.2, 0.25) is 0 Å². The van der Waals surface area contributed by atoms with E-state index in [1.54, 1.807) is 28.9 Å². The van der Waals surface area contributed by atoms with Crippen molar-refractivity contribution in [3.63, 3.8) is 0 Å². The van der Waals surface area contributed by atoms with Crippen molar-refractivity contribution in [3.05, 3.63) is 53.3 Å². The van der Waals surface area contributed by atoms with E-state index in [9.17, 15) is 4.79 Å². The van der Waals surface area contributed by atoms with Crippen molar-refractivity contribution in [2.75, 3.05) is 7.05 Å². The molecular formula is C16H18N4O. The number of hydrogen-bond donors (Lipinski definition) is 0. The van der Waals surface area contributed by atoms with Crippen molar-refractivity contribution in [2.24, 2.45) is 7.05 Å². The molecule has 0 saturated carbocycles. The smallest absolute Gasteiger partial charge is 0.222 e. The molecule has 0 atom stereocenters. The highest BCUT2D eigenvalue weighted by atomic mass is 16.2. The molecule has 1 aromatic heterocycles. The van der Waals surface area contributed by atoms with Gasteiger partial charge < -0.3 is 4.90 Å². The fourth-order valence-corrected chi connectivity index (χ4v) is 2.14. The Morgan fingerprint density at radius 2 is 2.24 bits per heavy atom. The number of benzene rings is 1. The van der Waals surface area contributed by atoms with Gasteiger partial charge in [0.25, 0.3) is 0 Å². The summed E-state index contributed by atoms with van der Waals surface area (Å²) in [4.78, 5) is 13.8. The van der Waals surface area contributed by atoms with E-state index in [-0.39, 0.29) is 5.91 Å². The minimum Gasteiger partial charge on any atom is -0.341 e. The number of rotatable bonds is 5. The Hall–Kier alpha value is -2.61. The molecule has 0 N–H and O–H groups in total. The van der Waals surface area contributed by atoms with Gasteiger partial charge >= 0.3 is 0 Å². The number of aryl methyl sites for hydroxylation is 2. The summed E-state index contributed by atoms with van der Waals surface area (Å²) in [7, 11) is 3.64. The zero-order valence-electron chi connectivity index (χ0n) is 12.3. The first-order valence-electron chi connectivity index (χ1n) is 6.79. The van der Waals surface area contributed by atoms with Crippen LogP contribution in [-0.4, -0.2) is 27.6 Å². The monoisotopic (exact) mass is 282 g/mol. The van der Waals surface area contributed by atoms with Crippen molar-refractivity contribution < 1.29 is 4.79 Å². The summed E-state index contributed by atoms with van der Waals surface area (Å²) in [6.45, 7) is 0.515. The van der Waals surface area contributed by atoms with Gasteiger partial charge in [-0.05, 0) is 29.7 Å². The van der Waals surface area contributed by atoms with Gasteiger partial charge in [-0.25, -0.2) is 0 Å². The van der Waals surface area contributed by atoms with E-state index in [0.717, 1.165) is 11.1 Å². The van der Waals surface area contributed by atoms with Crippen LogP contribution in [0.5, 0.6) is 0 Å². The molecule has 2 rings (SSSR count). The van der Waals surface area contributed by atoms with Gasteiger partial charge in [0, 0.05) is 33.3 Å². The first-order valence-corrected chi connectivity index (χ1v) is 6.79. The lowest BCUT2D eigenvalue weighted by Crippen LogP contribution is -2.26. The van der Waals surface area contributed by atoms with E-state index in [0.29, 0.717) is 24.9 Å². The molecule has 1 aromatic carbocycles. The molecule has 2 aromatic rings. The van der Waals surface area contributed by atoms with Gasteiger partial charge in [0.15, 0.2) is 0 Å². The van der Waals surface area contributed by atoms with Crippen LogP contribution < -0.4 is 0 Å². The van der Waals surface area contributed by atoms with Crippen molar-refractivity contribution in [2.45, 2.75) is 19.4 Å². The molecule has 5 nitrogen and oxygen atoms in total. The summed E-state index contributed by atoms with van der Waals surface area (Å²) in [5.74, 6) is 0.0845. The van der Waals surface area contributed by atoms with Gasteiger partial charge in [-0.3, -0.25) is 9.48 Å². The standard InChI is InChI=1S/C16H18N4O/c1-19(11-14-5-3-4-13(8-14)9-17)16(21)7-6-15-10-18-20(2)12-15/h3-5,8,10,12H,6-7,11H2,1-2H3. The molecule has 21 heavy (non-hydrogen) atoms. The van der Waals surface area contributed by atoms with Gasteiger partial charge in [-0.1, -0.05) is 12.1 Å². The minimum atomic E-state index is 0.0845. The molecule has 0 aliphatic rings. The number of carbonyl (C=O) groups excluding carboxylic acids is 1. The summed E-state index contributed by atoms with van der Waals surface area (Å²) in [5, 5.41) is 13.0. The van der Waals surface area contributed by atoms with Crippen molar-refractivity contribution >= 4 is 5.91 Å². The van der Waals surface area contributed by atoms with E-state index >= 15 is 0 Å². The van der Waals surface area contributed by atoms with E-state index < -0.39 is 0 Å². The normalized spacial score (nSPS) is 10.1. The second-order valence-electron chi connectivity index (χ2n) is 5.08. The number of amides is 1. The number of nitriles is 1. The summed E-state index contributed by atoms with van der Waals surface area (Å²) in [6, 6.07) is 9.43. The molecule has 108 valence electrons. The van der Waals surface area contributed by atoms with E-state index in [2.05, 4.69) is 11.2 Å². The quantitative estimate of drug-likeness (QED) is 0.841. The molecule has 1 amide bonds. The molecule has 0 aliphatic carbocycles. The van der Waals surface area contributed by atoms with Crippen molar-refractivity contribution in [1.29, 1.82) is 5.26 Å². The predicted molar refractivity (Wildman–Crippen MR) is 79.2 cm³/mol. The topological polar surface area (TPSA) is 61.9 Å². The average molecular weight is 282 g/mol. The maximum Gasteiger partial charge on any atom is 0.222 e. The highest BCUT2D eigenvalue weighted by Crippen LogP contribution is 2.09. The average Bonchev–Trinajstić information content (AvgIpc) is 2.90. The van der Waals surface area contributed by atoms with Crippen LogP contribution in [0.15, 0.2) is 36.7 Å². The second-order valence-corrected chi connectivity index (χ2v) is 5.08. The molecule has 0 saturated heterocycles. The molecule has 0 unspecified atom stereocenters. The fourth-order valence-electron chi connectivity index (χ4n) is 2.14. The first-order chi connectivity index (χ1) is 10.1. The summed E-state index contributed by atoms with van der Waals surface area (Å²) in [5.41, 5.74) is 2.64. The van der Waals surface area contributed by atoms with Gasteiger partial charge in [0.1, 0.15) is 0 Å². The summed E-state index contributed by atoms with van der Waals surface area (Å²) >= 11 is 0. The van der Waals surface area contributed by atoms with Crippen LogP contribution in [0, 0.1) is 11.3 Å². The van der Waals surface area contributed by atoms with E-state index in [1.165, 1.54) is 0 Å². The van der Waals surface area contributed by atoms with Gasteiger partial charge in [-0.15, -0.1) is 0 Å². The van der Waals surface area contributed by atoms with Crippen LogP contribution in [0.4, 0.5) is 0 Å². The van der Waals surface area contributed by atoms with Gasteiger partial charge in [0.2, 0.25) is 5.91 Å². The Bertz CT molecular complexity index is 669. The molecule has 5 heteroatoms. The maximum absolute atomic E-state index is 12.1. The number of aromatic nitrogens is 2. The van der Waals surface area contributed by atoms with Crippen LogP contribution >= 0.6 is 0 Å². The fraction of sp³-hybridized carbons (Fsp3) is 0.312. The Balaban J connectivity index is 1.88. The highest BCUT2D eigenvalue weighted by molar-refractivity contribution is 5.76. The Morgan fingerprint density at radius 1 is 1.43 bits per heavy atom. The van der Waals surface area contributed by atoms with E-state index in [4.69, 9.17) is 5.26 Å². The largest absolute Gasteiger partial charge is 0.341 e. The van der Waals surface area contributed by atoms with Crippen LogP contribution in [-0.2, 0) is 24.8 Å². The zero-order chi connectivity index (χ0) is 15.2. The lowest BCUT2D eigenvalue weighted by atomic mass is 10.1. The Kier molecular flexibility index (Phi) is 4.72.